The lowest BCUT2D eigenvalue weighted by molar-refractivity contribution is 0.137. The average molecular weight is 141 g/mol. The summed E-state index contributed by atoms with van der Waals surface area (Å²) in [5, 5.41) is 0. The summed E-state index contributed by atoms with van der Waals surface area (Å²) < 4.78 is 5.13. The van der Waals surface area contributed by atoms with E-state index in [9.17, 15) is 0 Å². The second kappa shape index (κ2) is 3.39. The molecule has 0 atom stereocenters. The van der Waals surface area contributed by atoms with Crippen LogP contribution in [0.15, 0.2) is 16.7 Å². The van der Waals surface area contributed by atoms with Crippen LogP contribution in [0.25, 0.3) is 0 Å². The molecule has 1 aromatic heterocycles. The first-order valence-corrected chi connectivity index (χ1v) is 3.19. The van der Waals surface area contributed by atoms with Crippen molar-refractivity contribution in [1.82, 2.24) is 0 Å². The zero-order valence-corrected chi connectivity index (χ0v) is 5.96. The van der Waals surface area contributed by atoms with Gasteiger partial charge in [0, 0.05) is 6.42 Å². The SMILES string of the molecule is Cc1ccoc1CCON. The highest BCUT2D eigenvalue weighted by Gasteiger charge is 1.99. The van der Waals surface area contributed by atoms with Gasteiger partial charge in [-0.3, -0.25) is 0 Å². The van der Waals surface area contributed by atoms with Gasteiger partial charge >= 0.3 is 0 Å². The zero-order valence-electron chi connectivity index (χ0n) is 5.96. The van der Waals surface area contributed by atoms with Crippen LogP contribution in [0.1, 0.15) is 11.3 Å². The van der Waals surface area contributed by atoms with Gasteiger partial charge in [-0.25, -0.2) is 5.90 Å². The fraction of sp³-hybridized carbons (Fsp3) is 0.429. The Balaban J connectivity index is 2.49. The number of nitrogens with two attached hydrogens (primary N) is 1. The molecule has 3 heteroatoms. The summed E-state index contributed by atoms with van der Waals surface area (Å²) >= 11 is 0. The molecule has 2 N–H and O–H groups in total. The minimum absolute atomic E-state index is 0.508. The zero-order chi connectivity index (χ0) is 7.40. The van der Waals surface area contributed by atoms with E-state index in [0.29, 0.717) is 6.61 Å². The van der Waals surface area contributed by atoms with E-state index in [0.717, 1.165) is 17.7 Å². The first kappa shape index (κ1) is 7.31. The lowest BCUT2D eigenvalue weighted by Crippen LogP contribution is -2.03. The predicted molar refractivity (Wildman–Crippen MR) is 37.3 cm³/mol. The van der Waals surface area contributed by atoms with E-state index in [4.69, 9.17) is 10.3 Å². The summed E-state index contributed by atoms with van der Waals surface area (Å²) in [6.07, 6.45) is 2.41. The van der Waals surface area contributed by atoms with E-state index in [1.54, 1.807) is 6.26 Å². The van der Waals surface area contributed by atoms with Crippen LogP contribution in [0.4, 0.5) is 0 Å². The van der Waals surface area contributed by atoms with E-state index < -0.39 is 0 Å². The largest absolute Gasteiger partial charge is 0.469 e. The maximum absolute atomic E-state index is 5.13. The van der Waals surface area contributed by atoms with E-state index in [2.05, 4.69) is 4.84 Å². The number of rotatable bonds is 3. The van der Waals surface area contributed by atoms with Crippen LogP contribution < -0.4 is 5.90 Å². The summed E-state index contributed by atoms with van der Waals surface area (Å²) in [5.41, 5.74) is 1.15. The first-order chi connectivity index (χ1) is 4.84. The molecule has 0 aromatic carbocycles. The van der Waals surface area contributed by atoms with Crippen molar-refractivity contribution >= 4 is 0 Å². The van der Waals surface area contributed by atoms with Crippen LogP contribution in [0.3, 0.4) is 0 Å². The molecule has 0 spiro atoms. The Bertz CT molecular complexity index is 195. The van der Waals surface area contributed by atoms with Crippen LogP contribution in [0.2, 0.25) is 0 Å². The third-order valence-electron chi connectivity index (χ3n) is 1.42. The smallest absolute Gasteiger partial charge is 0.109 e. The molecule has 0 saturated carbocycles. The Labute approximate surface area is 59.7 Å². The van der Waals surface area contributed by atoms with Crippen molar-refractivity contribution in [3.05, 3.63) is 23.7 Å². The molecule has 1 aromatic rings. The normalized spacial score (nSPS) is 10.2. The van der Waals surface area contributed by atoms with Gasteiger partial charge in [0.15, 0.2) is 0 Å². The topological polar surface area (TPSA) is 48.4 Å². The molecule has 0 bridgehead atoms. The quantitative estimate of drug-likeness (QED) is 0.639. The van der Waals surface area contributed by atoms with Gasteiger partial charge < -0.3 is 9.25 Å². The molecular weight excluding hydrogens is 130 g/mol. The second-order valence-corrected chi connectivity index (χ2v) is 2.15. The monoisotopic (exact) mass is 141 g/mol. The molecule has 0 aliphatic rings. The summed E-state index contributed by atoms with van der Waals surface area (Å²) in [6, 6.07) is 1.92. The molecule has 56 valence electrons. The van der Waals surface area contributed by atoms with Crippen molar-refractivity contribution in [1.29, 1.82) is 0 Å². The fourth-order valence-corrected chi connectivity index (χ4v) is 0.812. The highest BCUT2D eigenvalue weighted by molar-refractivity contribution is 5.14. The summed E-state index contributed by atoms with van der Waals surface area (Å²) in [6.45, 7) is 2.50. The van der Waals surface area contributed by atoms with Crippen molar-refractivity contribution in [2.24, 2.45) is 5.90 Å². The molecule has 1 rings (SSSR count). The average Bonchev–Trinajstić information content (AvgIpc) is 2.31. The molecule has 0 unspecified atom stereocenters. The molecule has 0 aliphatic carbocycles. The number of hydrogen-bond acceptors (Lipinski definition) is 3. The van der Waals surface area contributed by atoms with Crippen LogP contribution >= 0.6 is 0 Å². The third-order valence-corrected chi connectivity index (χ3v) is 1.42. The minimum atomic E-state index is 0.508. The van der Waals surface area contributed by atoms with Crippen molar-refractivity contribution < 1.29 is 9.25 Å². The molecule has 10 heavy (non-hydrogen) atoms. The van der Waals surface area contributed by atoms with Gasteiger partial charge in [-0.05, 0) is 18.6 Å². The van der Waals surface area contributed by atoms with Crippen molar-refractivity contribution in [2.45, 2.75) is 13.3 Å². The maximum atomic E-state index is 5.13. The molecule has 0 aliphatic heterocycles. The molecule has 0 fully saturated rings. The maximum Gasteiger partial charge on any atom is 0.109 e. The number of furan rings is 1. The van der Waals surface area contributed by atoms with Crippen molar-refractivity contribution in [3.8, 4) is 0 Å². The predicted octanol–water partition coefficient (Wildman–Crippen LogP) is 1.02. The van der Waals surface area contributed by atoms with E-state index >= 15 is 0 Å². The Morgan fingerprint density at radius 1 is 1.70 bits per heavy atom. The van der Waals surface area contributed by atoms with Gasteiger partial charge in [0.25, 0.3) is 0 Å². The molecule has 0 radical (unpaired) electrons. The fourth-order valence-electron chi connectivity index (χ4n) is 0.812. The first-order valence-electron chi connectivity index (χ1n) is 3.19. The Hall–Kier alpha value is -0.800. The van der Waals surface area contributed by atoms with E-state index in [1.807, 2.05) is 13.0 Å². The van der Waals surface area contributed by atoms with Gasteiger partial charge in [0.1, 0.15) is 5.76 Å². The standard InChI is InChI=1S/C7H11NO2/c1-6-2-4-9-7(6)3-5-10-8/h2,4H,3,5,8H2,1H3. The Morgan fingerprint density at radius 2 is 2.50 bits per heavy atom. The van der Waals surface area contributed by atoms with Gasteiger partial charge in [-0.15, -0.1) is 0 Å². The summed E-state index contributed by atoms with van der Waals surface area (Å²) in [4.78, 5) is 4.41. The lowest BCUT2D eigenvalue weighted by atomic mass is 10.2. The summed E-state index contributed by atoms with van der Waals surface area (Å²) in [7, 11) is 0. The minimum Gasteiger partial charge on any atom is -0.469 e. The van der Waals surface area contributed by atoms with Crippen molar-refractivity contribution in [2.75, 3.05) is 6.61 Å². The molecule has 0 amide bonds. The Morgan fingerprint density at radius 3 is 3.00 bits per heavy atom. The molecular formula is C7H11NO2. The highest BCUT2D eigenvalue weighted by Crippen LogP contribution is 2.08. The van der Waals surface area contributed by atoms with E-state index in [-0.39, 0.29) is 0 Å². The van der Waals surface area contributed by atoms with Crippen molar-refractivity contribution in [3.63, 3.8) is 0 Å². The van der Waals surface area contributed by atoms with Crippen LogP contribution in [0, 0.1) is 6.92 Å². The number of hydrogen-bond donors (Lipinski definition) is 1. The lowest BCUT2D eigenvalue weighted by Gasteiger charge is -1.95. The van der Waals surface area contributed by atoms with Crippen LogP contribution in [-0.4, -0.2) is 6.61 Å². The van der Waals surface area contributed by atoms with Gasteiger partial charge in [-0.2, -0.15) is 0 Å². The van der Waals surface area contributed by atoms with Gasteiger partial charge in [0.2, 0.25) is 0 Å². The third kappa shape index (κ3) is 1.59. The summed E-state index contributed by atoms with van der Waals surface area (Å²) in [5.74, 6) is 5.80. The highest BCUT2D eigenvalue weighted by atomic mass is 16.6. The van der Waals surface area contributed by atoms with Gasteiger partial charge in [-0.1, -0.05) is 0 Å². The number of aryl methyl sites for hydroxylation is 1. The van der Waals surface area contributed by atoms with E-state index in [1.165, 1.54) is 0 Å². The Kier molecular flexibility index (Phi) is 2.48. The second-order valence-electron chi connectivity index (χ2n) is 2.15. The molecule has 1 heterocycles. The van der Waals surface area contributed by atoms with Gasteiger partial charge in [0.05, 0.1) is 12.9 Å². The molecule has 0 saturated heterocycles. The van der Waals surface area contributed by atoms with Crippen LogP contribution in [-0.2, 0) is 11.3 Å². The van der Waals surface area contributed by atoms with Crippen LogP contribution in [0.5, 0.6) is 0 Å². The molecule has 3 nitrogen and oxygen atoms in total.